The van der Waals surface area contributed by atoms with Gasteiger partial charge in [-0.1, -0.05) is 31.9 Å². The monoisotopic (exact) mass is 1460 g/mol. The molecule has 7 fully saturated rings. The smallest absolute Gasteiger partial charge is 0.327 e. The molecule has 6 atom stereocenters. The molecule has 106 heavy (non-hydrogen) atoms. The van der Waals surface area contributed by atoms with Crippen LogP contribution in [-0.4, -0.2) is 190 Å². The lowest BCUT2D eigenvalue weighted by Crippen LogP contribution is -2.52. The number of aromatic nitrogens is 6. The van der Waals surface area contributed by atoms with Crippen LogP contribution in [-0.2, 0) is 43.2 Å². The second kappa shape index (κ2) is 31.1. The molecule has 6 aromatic carbocycles. The Balaban J connectivity index is 0.000000178. The molecule has 6 saturated heterocycles. The van der Waals surface area contributed by atoms with Crippen LogP contribution in [0.5, 0.6) is 11.5 Å². The van der Waals surface area contributed by atoms with E-state index in [-0.39, 0.29) is 87.3 Å². The molecule has 24 nitrogen and oxygen atoms in total. The molecule has 1 saturated carbocycles. The number of hydrogen-bond donors (Lipinski definition) is 2. The first kappa shape index (κ1) is 73.3. The zero-order valence-corrected chi connectivity index (χ0v) is 60.4. The number of nitrogens with zero attached hydrogens (tertiary/aromatic N) is 14. The third-order valence-electron chi connectivity index (χ3n) is 21.1. The van der Waals surface area contributed by atoms with Gasteiger partial charge in [-0.05, 0) is 163 Å². The molecular weight excluding hydrogens is 1370 g/mol. The Morgan fingerprint density at radius 1 is 0.509 bits per heavy atom. The molecule has 7 aliphatic rings. The van der Waals surface area contributed by atoms with Crippen LogP contribution in [0.2, 0.25) is 0 Å². The third kappa shape index (κ3) is 15.7. The zero-order chi connectivity index (χ0) is 73.9. The van der Waals surface area contributed by atoms with E-state index < -0.39 is 58.5 Å². The van der Waals surface area contributed by atoms with Gasteiger partial charge in [0.25, 0.3) is 0 Å². The fourth-order valence-corrected chi connectivity index (χ4v) is 15.6. The minimum Gasteiger partial charge on any atom is -0.488 e. The molecule has 2 aromatic heterocycles. The van der Waals surface area contributed by atoms with E-state index >= 15 is 0 Å². The molecule has 6 aliphatic heterocycles. The standard InChI is InChI=1S/C40H49F2N7O5.C38H43F2N7O5/c1-4-5-6-17-40(51)25-48(38(50)49(40)29(2)3)33-10-8-31(9-11-33)45-18-20-46(21-19-45)32-12-14-34(15-13-32)52-23-37-53-26-39(54-37,24-47-28-43-27-44-47)35-16-7-30(41)22-36(35)42;1-26(2)47-36(48)46(22-38(47,49)27-3-4-27)31-8-6-29(7-9-31)43-15-17-44(18-16-43)30-10-12-32(13-11-30)50-20-35-51-23-37(52-35,21-45-25-41-24-42-45)33-14-5-28(39)19-34(33)40/h7-16,22,27-29,37,51H,4-6,17-21,23-26H2,1-3H3;5-14,19,24-27,35,49H,3-4,15-18,20-23H2,1-2H3/t37-,39+,40?;35-,37+,38?/m00/s1. The van der Waals surface area contributed by atoms with Crippen LogP contribution >= 0.6 is 0 Å². The number of carbonyl (C=O) groups excluding carboxylic acids is 2. The normalized spacial score (nSPS) is 24.2. The highest BCUT2D eigenvalue weighted by Gasteiger charge is 2.58. The van der Waals surface area contributed by atoms with Crippen molar-refractivity contribution in [3.63, 3.8) is 0 Å². The number of rotatable bonds is 25. The quantitative estimate of drug-likeness (QED) is 0.0402. The predicted molar refractivity (Wildman–Crippen MR) is 390 cm³/mol. The van der Waals surface area contributed by atoms with E-state index in [0.717, 1.165) is 131 Å². The van der Waals surface area contributed by atoms with Crippen LogP contribution in [0.15, 0.2) is 159 Å². The molecule has 2 N–H and O–H groups in total. The van der Waals surface area contributed by atoms with Gasteiger partial charge in [0.1, 0.15) is 84.5 Å². The minimum absolute atomic E-state index is 0.0250. The Morgan fingerprint density at radius 2 is 0.896 bits per heavy atom. The molecule has 4 amide bonds. The second-order valence-corrected chi connectivity index (χ2v) is 29.0. The number of hydrogen-bond acceptors (Lipinski definition) is 18. The summed E-state index contributed by atoms with van der Waals surface area (Å²) in [6, 6.07) is 38.2. The summed E-state index contributed by atoms with van der Waals surface area (Å²) in [5.74, 6) is -1.38. The minimum atomic E-state index is -1.24. The predicted octanol–water partition coefficient (Wildman–Crippen LogP) is 11.1. The van der Waals surface area contributed by atoms with Crippen LogP contribution in [0, 0.1) is 29.2 Å². The maximum atomic E-state index is 14.9. The van der Waals surface area contributed by atoms with Crippen molar-refractivity contribution in [3.8, 4) is 11.5 Å². The Labute approximate surface area is 614 Å². The number of aliphatic hydroxyl groups is 2. The first-order chi connectivity index (χ1) is 51.2. The van der Waals surface area contributed by atoms with Gasteiger partial charge in [-0.3, -0.25) is 19.6 Å². The summed E-state index contributed by atoms with van der Waals surface area (Å²) in [5.41, 5.74) is 1.55. The van der Waals surface area contributed by atoms with Gasteiger partial charge in [-0.15, -0.1) is 0 Å². The Morgan fingerprint density at radius 3 is 1.26 bits per heavy atom. The largest absolute Gasteiger partial charge is 0.488 e. The number of β-amino-alcohol motifs (C(OH)–C–C–N with tert-alkyl or cyclic N) is 2. The van der Waals surface area contributed by atoms with E-state index in [0.29, 0.717) is 24.5 Å². The topological polar surface area (TPSA) is 217 Å². The average Bonchev–Trinajstić information content (AvgIpc) is 1.58. The molecular formula is C78H92F4N14O10. The number of benzene rings is 6. The summed E-state index contributed by atoms with van der Waals surface area (Å²) < 4.78 is 96.7. The second-order valence-electron chi connectivity index (χ2n) is 29.0. The Bertz CT molecular complexity index is 4270. The summed E-state index contributed by atoms with van der Waals surface area (Å²) in [5, 5.41) is 31.2. The summed E-state index contributed by atoms with van der Waals surface area (Å²) >= 11 is 0. The van der Waals surface area contributed by atoms with Crippen LogP contribution < -0.4 is 38.9 Å². The summed E-state index contributed by atoms with van der Waals surface area (Å²) in [7, 11) is 0. The Hall–Kier alpha value is -9.58. The number of piperazine rings is 2. The SMILES string of the molecule is CC(C)N1C(=O)N(c2ccc(N3CCN(c4ccc(OC[C@H]5OC[C@](Cn6cncn6)(c6ccc(F)cc6F)O5)cc4)CC3)cc2)CC1(O)C1CC1.CCCCCC1(O)CN(c2ccc(N3CCN(c4ccc(OC[C@H]5OC[C@](Cn6cncn6)(c6ccc(F)cc6F)O5)cc4)CC3)cc2)C(=O)N1C(C)C. The number of anilines is 6. The summed E-state index contributed by atoms with van der Waals surface area (Å²) in [4.78, 5) is 50.8. The first-order valence-electron chi connectivity index (χ1n) is 36.7. The highest BCUT2D eigenvalue weighted by Crippen LogP contribution is 2.48. The molecule has 8 heterocycles. The van der Waals surface area contributed by atoms with Gasteiger partial charge < -0.3 is 58.2 Å². The van der Waals surface area contributed by atoms with Gasteiger partial charge in [-0.2, -0.15) is 10.2 Å². The van der Waals surface area contributed by atoms with Crippen LogP contribution in [0.25, 0.3) is 0 Å². The van der Waals surface area contributed by atoms with Gasteiger partial charge in [0, 0.05) is 128 Å². The van der Waals surface area contributed by atoms with Crippen molar-refractivity contribution >= 4 is 46.2 Å². The van der Waals surface area contributed by atoms with Crippen molar-refractivity contribution in [1.29, 1.82) is 0 Å². The lowest BCUT2D eigenvalue weighted by Gasteiger charge is -2.37. The van der Waals surface area contributed by atoms with E-state index in [1.807, 2.05) is 100 Å². The molecule has 2 unspecified atom stereocenters. The van der Waals surface area contributed by atoms with E-state index in [1.54, 1.807) is 19.6 Å². The number of unbranched alkanes of at least 4 members (excludes halogenated alkanes) is 2. The van der Waals surface area contributed by atoms with Crippen LogP contribution in [0.4, 0.5) is 61.3 Å². The number of carbonyl (C=O) groups is 2. The van der Waals surface area contributed by atoms with E-state index in [2.05, 4.69) is 71.0 Å². The molecule has 8 aromatic rings. The molecule has 562 valence electrons. The van der Waals surface area contributed by atoms with Crippen molar-refractivity contribution in [1.82, 2.24) is 39.3 Å². The summed E-state index contributed by atoms with van der Waals surface area (Å²) in [6.07, 6.45) is 9.63. The van der Waals surface area contributed by atoms with Crippen LogP contribution in [0.3, 0.4) is 0 Å². The van der Waals surface area contributed by atoms with E-state index in [1.165, 1.54) is 58.9 Å². The Kier molecular flexibility index (Phi) is 21.5. The van der Waals surface area contributed by atoms with Crippen molar-refractivity contribution in [2.24, 2.45) is 5.92 Å². The van der Waals surface area contributed by atoms with Gasteiger partial charge in [0.05, 0.1) is 39.4 Å². The van der Waals surface area contributed by atoms with Gasteiger partial charge in [-0.25, -0.2) is 46.5 Å². The van der Waals surface area contributed by atoms with Crippen molar-refractivity contribution in [2.45, 2.75) is 134 Å². The van der Waals surface area contributed by atoms with Gasteiger partial charge in [0.2, 0.25) is 0 Å². The van der Waals surface area contributed by atoms with Crippen molar-refractivity contribution in [2.75, 3.05) is 121 Å². The maximum Gasteiger partial charge on any atom is 0.327 e. The molecule has 0 bridgehead atoms. The highest BCUT2D eigenvalue weighted by molar-refractivity contribution is 5.96. The zero-order valence-electron chi connectivity index (χ0n) is 60.4. The molecule has 0 radical (unpaired) electrons. The lowest BCUT2D eigenvalue weighted by atomic mass is 9.94. The third-order valence-corrected chi connectivity index (χ3v) is 21.1. The first-order valence-corrected chi connectivity index (χ1v) is 36.7. The van der Waals surface area contributed by atoms with Crippen molar-refractivity contribution in [3.05, 3.63) is 193 Å². The highest BCUT2D eigenvalue weighted by atomic mass is 19.1. The molecule has 15 rings (SSSR count). The average molecular weight is 1460 g/mol. The van der Waals surface area contributed by atoms with Crippen LogP contribution in [0.1, 0.15) is 84.3 Å². The number of amides is 4. The number of urea groups is 2. The fraction of sp³-hybridized carbons (Fsp3) is 0.462. The van der Waals surface area contributed by atoms with Gasteiger partial charge >= 0.3 is 12.1 Å². The van der Waals surface area contributed by atoms with E-state index in [4.69, 9.17) is 28.4 Å². The van der Waals surface area contributed by atoms with Crippen molar-refractivity contribution < 1.29 is 65.8 Å². The summed E-state index contributed by atoms with van der Waals surface area (Å²) in [6.45, 7) is 17.6. The fourth-order valence-electron chi connectivity index (χ4n) is 15.6. The number of ether oxygens (including phenoxy) is 6. The molecule has 1 aliphatic carbocycles. The molecule has 0 spiro atoms. The molecule has 28 heteroatoms. The maximum absolute atomic E-state index is 14.9. The van der Waals surface area contributed by atoms with E-state index in [9.17, 15) is 37.4 Å². The number of halogens is 4. The van der Waals surface area contributed by atoms with Gasteiger partial charge in [0.15, 0.2) is 24.0 Å². The lowest BCUT2D eigenvalue weighted by molar-refractivity contribution is -0.117.